The van der Waals surface area contributed by atoms with Crippen molar-refractivity contribution in [3.05, 3.63) is 0 Å². The minimum atomic E-state index is -0.672. The number of hydrogen-bond donors (Lipinski definition) is 2. The Morgan fingerprint density at radius 1 is 1.17 bits per heavy atom. The molecule has 0 unspecified atom stereocenters. The molecule has 0 spiro atoms. The molecule has 2 N–H and O–H groups in total. The summed E-state index contributed by atoms with van der Waals surface area (Å²) >= 11 is 0. The van der Waals surface area contributed by atoms with Gasteiger partial charge in [0.15, 0.2) is 0 Å². The summed E-state index contributed by atoms with van der Waals surface area (Å²) in [5.74, 6) is -0.106. The van der Waals surface area contributed by atoms with E-state index in [0.717, 1.165) is 38.5 Å². The van der Waals surface area contributed by atoms with E-state index < -0.39 is 5.97 Å². The minimum Gasteiger partial charge on any atom is -0.481 e. The first kappa shape index (κ1) is 15.0. The van der Waals surface area contributed by atoms with Crippen LogP contribution in [0.5, 0.6) is 0 Å². The van der Waals surface area contributed by atoms with E-state index in [0.29, 0.717) is 12.5 Å². The van der Waals surface area contributed by atoms with Crippen LogP contribution in [0.2, 0.25) is 0 Å². The van der Waals surface area contributed by atoms with Crippen LogP contribution in [-0.2, 0) is 9.59 Å². The van der Waals surface area contributed by atoms with Gasteiger partial charge in [0.25, 0.3) is 0 Å². The van der Waals surface area contributed by atoms with Crippen molar-refractivity contribution in [3.63, 3.8) is 0 Å². The third-order valence-corrected chi connectivity index (χ3v) is 4.12. The van der Waals surface area contributed by atoms with Crippen LogP contribution in [0.25, 0.3) is 0 Å². The molecule has 0 aromatic rings. The maximum Gasteiger partial charge on any atom is 0.306 e. The number of carbonyl (C=O) groups is 2. The fraction of sp³-hybridized carbons (Fsp3) is 0.857. The van der Waals surface area contributed by atoms with Crippen molar-refractivity contribution in [2.24, 2.45) is 17.8 Å². The summed E-state index contributed by atoms with van der Waals surface area (Å²) in [5, 5.41) is 11.9. The summed E-state index contributed by atoms with van der Waals surface area (Å²) in [6.45, 7) is 4.78. The number of aliphatic carboxylic acids is 1. The Balaban J connectivity index is 2.25. The monoisotopic (exact) mass is 255 g/mol. The highest BCUT2D eigenvalue weighted by Crippen LogP contribution is 2.28. The highest BCUT2D eigenvalue weighted by Gasteiger charge is 2.26. The Hall–Kier alpha value is -1.06. The van der Waals surface area contributed by atoms with Crippen molar-refractivity contribution in [2.75, 3.05) is 6.54 Å². The zero-order valence-corrected chi connectivity index (χ0v) is 11.4. The standard InChI is InChI=1S/C14H25NO3/c1-3-11(4-2)13(16)15-9-10-5-7-12(8-6-10)14(17)18/h10-12H,3-9H2,1-2H3,(H,15,16)(H,17,18). The van der Waals surface area contributed by atoms with Crippen LogP contribution >= 0.6 is 0 Å². The fourth-order valence-electron chi connectivity index (χ4n) is 2.66. The molecule has 4 nitrogen and oxygen atoms in total. The third kappa shape index (κ3) is 4.31. The van der Waals surface area contributed by atoms with E-state index in [9.17, 15) is 9.59 Å². The van der Waals surface area contributed by atoms with Gasteiger partial charge < -0.3 is 10.4 Å². The van der Waals surface area contributed by atoms with Crippen LogP contribution in [0.4, 0.5) is 0 Å². The first-order valence-corrected chi connectivity index (χ1v) is 7.08. The smallest absolute Gasteiger partial charge is 0.306 e. The number of rotatable bonds is 6. The second-order valence-electron chi connectivity index (χ2n) is 5.31. The lowest BCUT2D eigenvalue weighted by atomic mass is 9.82. The quantitative estimate of drug-likeness (QED) is 0.766. The lowest BCUT2D eigenvalue weighted by Gasteiger charge is -2.26. The minimum absolute atomic E-state index is 0.125. The van der Waals surface area contributed by atoms with Crippen molar-refractivity contribution < 1.29 is 14.7 Å². The first-order chi connectivity index (χ1) is 8.58. The fourth-order valence-corrected chi connectivity index (χ4v) is 2.66. The number of amides is 1. The Morgan fingerprint density at radius 2 is 1.72 bits per heavy atom. The Morgan fingerprint density at radius 3 is 2.17 bits per heavy atom. The molecule has 0 saturated heterocycles. The molecule has 0 bridgehead atoms. The molecule has 0 heterocycles. The summed E-state index contributed by atoms with van der Waals surface area (Å²) in [6, 6.07) is 0. The summed E-state index contributed by atoms with van der Waals surface area (Å²) in [6.07, 6.45) is 5.10. The molecule has 1 saturated carbocycles. The predicted octanol–water partition coefficient (Wildman–Crippen LogP) is 2.43. The molecule has 1 rings (SSSR count). The molecule has 0 atom stereocenters. The van der Waals surface area contributed by atoms with Gasteiger partial charge in [-0.2, -0.15) is 0 Å². The molecule has 1 aliphatic carbocycles. The molecule has 0 aromatic carbocycles. The third-order valence-electron chi connectivity index (χ3n) is 4.12. The van der Waals surface area contributed by atoms with Crippen molar-refractivity contribution >= 4 is 11.9 Å². The van der Waals surface area contributed by atoms with Gasteiger partial charge in [0, 0.05) is 12.5 Å². The van der Waals surface area contributed by atoms with Gasteiger partial charge in [-0.1, -0.05) is 13.8 Å². The van der Waals surface area contributed by atoms with E-state index in [1.807, 2.05) is 13.8 Å². The number of carboxylic acids is 1. The van der Waals surface area contributed by atoms with Crippen molar-refractivity contribution in [3.8, 4) is 0 Å². The number of carboxylic acid groups (broad SMARTS) is 1. The summed E-state index contributed by atoms with van der Waals surface area (Å²) < 4.78 is 0. The van der Waals surface area contributed by atoms with Gasteiger partial charge in [-0.05, 0) is 44.4 Å². The van der Waals surface area contributed by atoms with Crippen LogP contribution in [0, 0.1) is 17.8 Å². The molecule has 0 radical (unpaired) electrons. The number of nitrogens with one attached hydrogen (secondary N) is 1. The highest BCUT2D eigenvalue weighted by atomic mass is 16.4. The number of carbonyl (C=O) groups excluding carboxylic acids is 1. The van der Waals surface area contributed by atoms with Gasteiger partial charge >= 0.3 is 5.97 Å². The van der Waals surface area contributed by atoms with E-state index in [2.05, 4.69) is 5.32 Å². The van der Waals surface area contributed by atoms with Crippen molar-refractivity contribution in [1.29, 1.82) is 0 Å². The van der Waals surface area contributed by atoms with Gasteiger partial charge in [0.05, 0.1) is 5.92 Å². The van der Waals surface area contributed by atoms with E-state index in [1.54, 1.807) is 0 Å². The molecule has 1 fully saturated rings. The SMILES string of the molecule is CCC(CC)C(=O)NCC1CCC(C(=O)O)CC1. The second kappa shape index (κ2) is 7.39. The lowest BCUT2D eigenvalue weighted by molar-refractivity contribution is -0.143. The van der Waals surface area contributed by atoms with Crippen LogP contribution in [-0.4, -0.2) is 23.5 Å². The molecule has 4 heteroatoms. The van der Waals surface area contributed by atoms with Gasteiger partial charge in [0.2, 0.25) is 5.91 Å². The van der Waals surface area contributed by atoms with Gasteiger partial charge in [-0.3, -0.25) is 9.59 Å². The van der Waals surface area contributed by atoms with Gasteiger partial charge in [0.1, 0.15) is 0 Å². The average molecular weight is 255 g/mol. The van der Waals surface area contributed by atoms with Gasteiger partial charge in [-0.15, -0.1) is 0 Å². The Labute approximate surface area is 109 Å². The molecule has 18 heavy (non-hydrogen) atoms. The van der Waals surface area contributed by atoms with Crippen LogP contribution in [0.3, 0.4) is 0 Å². The average Bonchev–Trinajstić information content (AvgIpc) is 2.38. The Kier molecular flexibility index (Phi) is 6.16. The maximum absolute atomic E-state index is 11.8. The number of hydrogen-bond acceptors (Lipinski definition) is 2. The lowest BCUT2D eigenvalue weighted by Crippen LogP contribution is -2.35. The summed E-state index contributed by atoms with van der Waals surface area (Å²) in [4.78, 5) is 22.6. The Bertz CT molecular complexity index is 279. The van der Waals surface area contributed by atoms with Crippen molar-refractivity contribution in [2.45, 2.75) is 52.4 Å². The normalized spacial score (nSPS) is 23.9. The van der Waals surface area contributed by atoms with E-state index in [4.69, 9.17) is 5.11 Å². The second-order valence-corrected chi connectivity index (χ2v) is 5.31. The highest BCUT2D eigenvalue weighted by molar-refractivity contribution is 5.78. The molecular weight excluding hydrogens is 230 g/mol. The molecule has 1 amide bonds. The zero-order valence-electron chi connectivity index (χ0n) is 11.4. The topological polar surface area (TPSA) is 66.4 Å². The zero-order chi connectivity index (χ0) is 13.5. The van der Waals surface area contributed by atoms with Crippen molar-refractivity contribution in [1.82, 2.24) is 5.32 Å². The van der Waals surface area contributed by atoms with E-state index in [1.165, 1.54) is 0 Å². The molecule has 0 aliphatic heterocycles. The van der Waals surface area contributed by atoms with Gasteiger partial charge in [-0.25, -0.2) is 0 Å². The summed E-state index contributed by atoms with van der Waals surface area (Å²) in [7, 11) is 0. The molecule has 0 aromatic heterocycles. The van der Waals surface area contributed by atoms with Crippen LogP contribution in [0.1, 0.15) is 52.4 Å². The maximum atomic E-state index is 11.8. The van der Waals surface area contributed by atoms with Crippen LogP contribution < -0.4 is 5.32 Å². The molecular formula is C14H25NO3. The first-order valence-electron chi connectivity index (χ1n) is 7.08. The van der Waals surface area contributed by atoms with E-state index in [-0.39, 0.29) is 17.7 Å². The molecule has 1 aliphatic rings. The summed E-state index contributed by atoms with van der Waals surface area (Å²) in [5.41, 5.74) is 0. The van der Waals surface area contributed by atoms with Crippen LogP contribution in [0.15, 0.2) is 0 Å². The van der Waals surface area contributed by atoms with E-state index >= 15 is 0 Å². The predicted molar refractivity (Wildman–Crippen MR) is 70.2 cm³/mol. The largest absolute Gasteiger partial charge is 0.481 e. The molecule has 104 valence electrons.